The van der Waals surface area contributed by atoms with E-state index in [1.807, 2.05) is 0 Å². The van der Waals surface area contributed by atoms with Gasteiger partial charge in [0.1, 0.15) is 13.2 Å². The van der Waals surface area contributed by atoms with Crippen molar-refractivity contribution >= 4 is 21.9 Å². The highest BCUT2D eigenvalue weighted by Crippen LogP contribution is 2.42. The van der Waals surface area contributed by atoms with Gasteiger partial charge in [-0.05, 0) is 12.1 Å². The molecule has 1 atom stereocenters. The summed E-state index contributed by atoms with van der Waals surface area (Å²) in [6, 6.07) is 3.49. The van der Waals surface area contributed by atoms with E-state index in [9.17, 15) is 4.79 Å². The van der Waals surface area contributed by atoms with Crippen LogP contribution in [0.3, 0.4) is 0 Å². The van der Waals surface area contributed by atoms with Crippen molar-refractivity contribution in [2.75, 3.05) is 19.8 Å². The summed E-state index contributed by atoms with van der Waals surface area (Å²) < 4.78 is 11.6. The number of carboxylic acid groups (broad SMARTS) is 1. The number of rotatable bonds is 3. The molecule has 1 heterocycles. The normalized spacial score (nSPS) is 15.4. The Morgan fingerprint density at radius 1 is 1.47 bits per heavy atom. The molecule has 0 spiro atoms. The molecule has 1 aromatic carbocycles. The number of benzene rings is 1. The number of ether oxygens (including phenoxy) is 2. The van der Waals surface area contributed by atoms with E-state index in [0.29, 0.717) is 34.7 Å². The van der Waals surface area contributed by atoms with E-state index in [4.69, 9.17) is 20.3 Å². The molecule has 0 saturated heterocycles. The van der Waals surface area contributed by atoms with Gasteiger partial charge in [0.15, 0.2) is 11.5 Å². The highest BCUT2D eigenvalue weighted by atomic mass is 79.9. The third-order valence-corrected chi connectivity index (χ3v) is 3.27. The summed E-state index contributed by atoms with van der Waals surface area (Å²) in [6.07, 6.45) is 0. The van der Waals surface area contributed by atoms with Crippen LogP contribution in [0.5, 0.6) is 11.5 Å². The molecular formula is C11H12BrNO4. The van der Waals surface area contributed by atoms with E-state index in [2.05, 4.69) is 15.9 Å². The van der Waals surface area contributed by atoms with Gasteiger partial charge in [-0.15, -0.1) is 0 Å². The molecule has 0 aliphatic carbocycles. The average Bonchev–Trinajstić information content (AvgIpc) is 2.32. The van der Waals surface area contributed by atoms with Gasteiger partial charge < -0.3 is 20.3 Å². The maximum absolute atomic E-state index is 11.2. The molecule has 1 aromatic rings. The Morgan fingerprint density at radius 2 is 2.18 bits per heavy atom. The van der Waals surface area contributed by atoms with Crippen molar-refractivity contribution in [3.63, 3.8) is 0 Å². The van der Waals surface area contributed by atoms with E-state index in [1.54, 1.807) is 12.1 Å². The van der Waals surface area contributed by atoms with Gasteiger partial charge in [0, 0.05) is 16.6 Å². The maximum atomic E-state index is 11.2. The van der Waals surface area contributed by atoms with Crippen LogP contribution >= 0.6 is 15.9 Å². The van der Waals surface area contributed by atoms with Gasteiger partial charge in [0.2, 0.25) is 0 Å². The van der Waals surface area contributed by atoms with Crippen LogP contribution in [0.4, 0.5) is 0 Å². The van der Waals surface area contributed by atoms with Crippen LogP contribution in [0.2, 0.25) is 0 Å². The first-order chi connectivity index (χ1) is 8.15. The van der Waals surface area contributed by atoms with E-state index in [1.165, 1.54) is 0 Å². The van der Waals surface area contributed by atoms with Gasteiger partial charge in [0.05, 0.1) is 5.92 Å². The molecule has 1 aliphatic heterocycles. The summed E-state index contributed by atoms with van der Waals surface area (Å²) in [5.41, 5.74) is 6.05. The molecule has 0 bridgehead atoms. The lowest BCUT2D eigenvalue weighted by molar-refractivity contribution is -0.138. The van der Waals surface area contributed by atoms with Crippen LogP contribution in [0.15, 0.2) is 16.6 Å². The zero-order valence-electron chi connectivity index (χ0n) is 8.98. The standard InChI is InChI=1S/C11H12BrNO4/c12-7-1-2-8-10(17-4-3-16-8)9(7)6(5-13)11(14)15/h1-2,6H,3-5,13H2,(H,14,15). The molecule has 5 nitrogen and oxygen atoms in total. The molecule has 1 unspecified atom stereocenters. The molecule has 6 heteroatoms. The third-order valence-electron chi connectivity index (χ3n) is 2.58. The Morgan fingerprint density at radius 3 is 2.82 bits per heavy atom. The summed E-state index contributed by atoms with van der Waals surface area (Å²) in [5, 5.41) is 9.16. The number of hydrogen-bond donors (Lipinski definition) is 2. The summed E-state index contributed by atoms with van der Waals surface area (Å²) >= 11 is 3.33. The lowest BCUT2D eigenvalue weighted by atomic mass is 9.97. The van der Waals surface area contributed by atoms with Crippen molar-refractivity contribution in [1.29, 1.82) is 0 Å². The number of fused-ring (bicyclic) bond motifs is 1. The average molecular weight is 302 g/mol. The molecule has 17 heavy (non-hydrogen) atoms. The van der Waals surface area contributed by atoms with E-state index < -0.39 is 11.9 Å². The Labute approximate surface area is 107 Å². The van der Waals surface area contributed by atoms with Gasteiger partial charge in [-0.2, -0.15) is 0 Å². The fraction of sp³-hybridized carbons (Fsp3) is 0.364. The van der Waals surface area contributed by atoms with Crippen molar-refractivity contribution in [1.82, 2.24) is 0 Å². The highest BCUT2D eigenvalue weighted by Gasteiger charge is 2.28. The number of carboxylic acids is 1. The lowest BCUT2D eigenvalue weighted by Crippen LogP contribution is -2.24. The van der Waals surface area contributed by atoms with Crippen molar-refractivity contribution in [3.05, 3.63) is 22.2 Å². The Bertz CT molecular complexity index is 449. The van der Waals surface area contributed by atoms with Crippen LogP contribution in [0, 0.1) is 0 Å². The Balaban J connectivity index is 2.54. The van der Waals surface area contributed by atoms with Crippen LogP contribution < -0.4 is 15.2 Å². The van der Waals surface area contributed by atoms with Crippen molar-refractivity contribution in [2.45, 2.75) is 5.92 Å². The second-order valence-electron chi connectivity index (χ2n) is 3.61. The molecule has 2 rings (SSSR count). The fourth-order valence-corrected chi connectivity index (χ4v) is 2.37. The van der Waals surface area contributed by atoms with Gasteiger partial charge in [-0.1, -0.05) is 15.9 Å². The van der Waals surface area contributed by atoms with Gasteiger partial charge >= 0.3 is 5.97 Å². The second kappa shape index (κ2) is 4.93. The SMILES string of the molecule is NCC(C(=O)O)c1c(Br)ccc2c1OCCO2. The summed E-state index contributed by atoms with van der Waals surface area (Å²) in [7, 11) is 0. The molecule has 0 amide bonds. The first-order valence-electron chi connectivity index (χ1n) is 5.16. The van der Waals surface area contributed by atoms with Crippen LogP contribution in [-0.2, 0) is 4.79 Å². The molecule has 3 N–H and O–H groups in total. The highest BCUT2D eigenvalue weighted by molar-refractivity contribution is 9.10. The Kier molecular flexibility index (Phi) is 3.54. The molecular weight excluding hydrogens is 290 g/mol. The molecule has 0 aromatic heterocycles. The third kappa shape index (κ3) is 2.23. The first-order valence-corrected chi connectivity index (χ1v) is 5.95. The number of nitrogens with two attached hydrogens (primary N) is 1. The largest absolute Gasteiger partial charge is 0.486 e. The van der Waals surface area contributed by atoms with Crippen molar-refractivity contribution in [3.8, 4) is 11.5 Å². The lowest BCUT2D eigenvalue weighted by Gasteiger charge is -2.24. The van der Waals surface area contributed by atoms with Crippen LogP contribution in [-0.4, -0.2) is 30.8 Å². The molecule has 1 aliphatic rings. The second-order valence-corrected chi connectivity index (χ2v) is 4.47. The van der Waals surface area contributed by atoms with Crippen molar-refractivity contribution < 1.29 is 19.4 Å². The van der Waals surface area contributed by atoms with E-state index in [0.717, 1.165) is 0 Å². The summed E-state index contributed by atoms with van der Waals surface area (Å²) in [5.74, 6) is -0.741. The predicted octanol–water partition coefficient (Wildman–Crippen LogP) is 1.35. The number of halogens is 1. The molecule has 0 radical (unpaired) electrons. The maximum Gasteiger partial charge on any atom is 0.312 e. The fourth-order valence-electron chi connectivity index (χ4n) is 1.78. The predicted molar refractivity (Wildman–Crippen MR) is 64.6 cm³/mol. The van der Waals surface area contributed by atoms with Gasteiger partial charge in [-0.3, -0.25) is 4.79 Å². The topological polar surface area (TPSA) is 81.8 Å². The smallest absolute Gasteiger partial charge is 0.312 e. The minimum atomic E-state index is -0.976. The molecule has 0 saturated carbocycles. The van der Waals surface area contributed by atoms with E-state index >= 15 is 0 Å². The first kappa shape index (κ1) is 12.2. The number of carbonyl (C=O) groups is 1. The van der Waals surface area contributed by atoms with Crippen LogP contribution in [0.25, 0.3) is 0 Å². The molecule has 92 valence electrons. The minimum absolute atomic E-state index is 0.00769. The summed E-state index contributed by atoms with van der Waals surface area (Å²) in [6.45, 7) is 0.884. The minimum Gasteiger partial charge on any atom is -0.486 e. The molecule has 0 fully saturated rings. The number of aliphatic carboxylic acids is 1. The zero-order chi connectivity index (χ0) is 12.4. The van der Waals surface area contributed by atoms with Crippen LogP contribution in [0.1, 0.15) is 11.5 Å². The zero-order valence-corrected chi connectivity index (χ0v) is 10.6. The monoisotopic (exact) mass is 301 g/mol. The van der Waals surface area contributed by atoms with E-state index in [-0.39, 0.29) is 6.54 Å². The van der Waals surface area contributed by atoms with Crippen molar-refractivity contribution in [2.24, 2.45) is 5.73 Å². The van der Waals surface area contributed by atoms with Gasteiger partial charge in [0.25, 0.3) is 0 Å². The quantitative estimate of drug-likeness (QED) is 0.880. The van der Waals surface area contributed by atoms with Gasteiger partial charge in [-0.25, -0.2) is 0 Å². The number of hydrogen-bond acceptors (Lipinski definition) is 4. The Hall–Kier alpha value is -1.27. The summed E-state index contributed by atoms with van der Waals surface area (Å²) in [4.78, 5) is 11.2.